The van der Waals surface area contributed by atoms with Crippen molar-refractivity contribution in [2.24, 2.45) is 0 Å². The van der Waals surface area contributed by atoms with E-state index in [0.29, 0.717) is 22.2 Å². The number of anilines is 1. The molecule has 138 valence electrons. The van der Waals surface area contributed by atoms with Crippen molar-refractivity contribution in [1.82, 2.24) is 0 Å². The Morgan fingerprint density at radius 1 is 1.00 bits per heavy atom. The Morgan fingerprint density at radius 3 is 2.15 bits per heavy atom. The van der Waals surface area contributed by atoms with Gasteiger partial charge in [-0.1, -0.05) is 23.2 Å². The van der Waals surface area contributed by atoms with E-state index in [2.05, 4.69) is 5.32 Å². The van der Waals surface area contributed by atoms with Crippen molar-refractivity contribution in [3.8, 4) is 11.5 Å². The molecule has 0 aliphatic heterocycles. The molecule has 6 nitrogen and oxygen atoms in total. The van der Waals surface area contributed by atoms with Crippen LogP contribution in [0, 0.1) is 0 Å². The van der Waals surface area contributed by atoms with Crippen molar-refractivity contribution in [2.45, 2.75) is 13.0 Å². The minimum atomic E-state index is -1.05. The SMILES string of the molecule is COc1cc(OC)cc(C(=O)OC(C)C(=O)Nc2ccc(Cl)cc2Cl)c1. The molecule has 0 aliphatic rings. The molecule has 1 amide bonds. The number of rotatable bonds is 6. The molecule has 1 N–H and O–H groups in total. The summed E-state index contributed by atoms with van der Waals surface area (Å²) in [5.41, 5.74) is 0.567. The van der Waals surface area contributed by atoms with Gasteiger partial charge in [0.25, 0.3) is 5.91 Å². The van der Waals surface area contributed by atoms with E-state index in [1.807, 2.05) is 0 Å². The van der Waals surface area contributed by atoms with E-state index in [1.54, 1.807) is 18.2 Å². The molecule has 0 spiro atoms. The molecule has 0 saturated heterocycles. The second-order valence-corrected chi connectivity index (χ2v) is 6.11. The molecule has 0 heterocycles. The highest BCUT2D eigenvalue weighted by Gasteiger charge is 2.21. The number of carbonyl (C=O) groups is 2. The predicted octanol–water partition coefficient (Wildman–Crippen LogP) is 4.19. The standard InChI is InChI=1S/C18H17Cl2NO5/c1-10(17(22)21-16-5-4-12(19)8-15(16)20)26-18(23)11-6-13(24-2)9-14(7-11)25-3/h4-10H,1-3H3,(H,21,22). The summed E-state index contributed by atoms with van der Waals surface area (Å²) >= 11 is 11.8. The molecule has 0 aromatic heterocycles. The number of hydrogen-bond acceptors (Lipinski definition) is 5. The van der Waals surface area contributed by atoms with Crippen molar-refractivity contribution < 1.29 is 23.8 Å². The maximum absolute atomic E-state index is 12.3. The molecule has 1 atom stereocenters. The minimum Gasteiger partial charge on any atom is -0.497 e. The number of carbonyl (C=O) groups excluding carboxylic acids is 2. The van der Waals surface area contributed by atoms with Gasteiger partial charge in [-0.2, -0.15) is 0 Å². The Morgan fingerprint density at radius 2 is 1.62 bits per heavy atom. The summed E-state index contributed by atoms with van der Waals surface area (Å²) in [7, 11) is 2.94. The van der Waals surface area contributed by atoms with E-state index in [1.165, 1.54) is 39.3 Å². The van der Waals surface area contributed by atoms with Crippen molar-refractivity contribution in [2.75, 3.05) is 19.5 Å². The molecule has 2 aromatic rings. The van der Waals surface area contributed by atoms with Crippen molar-refractivity contribution >= 4 is 40.8 Å². The average molecular weight is 398 g/mol. The fraction of sp³-hybridized carbons (Fsp3) is 0.222. The highest BCUT2D eigenvalue weighted by molar-refractivity contribution is 6.36. The lowest BCUT2D eigenvalue weighted by molar-refractivity contribution is -0.123. The number of ether oxygens (including phenoxy) is 3. The van der Waals surface area contributed by atoms with Crippen molar-refractivity contribution in [3.63, 3.8) is 0 Å². The van der Waals surface area contributed by atoms with Gasteiger partial charge in [0.2, 0.25) is 0 Å². The molecule has 2 rings (SSSR count). The van der Waals surface area contributed by atoms with Crippen LogP contribution in [0.2, 0.25) is 10.0 Å². The van der Waals surface area contributed by atoms with Gasteiger partial charge in [-0.05, 0) is 37.3 Å². The lowest BCUT2D eigenvalue weighted by Gasteiger charge is -2.15. The second-order valence-electron chi connectivity index (χ2n) is 5.26. The highest BCUT2D eigenvalue weighted by atomic mass is 35.5. The maximum atomic E-state index is 12.3. The largest absolute Gasteiger partial charge is 0.497 e. The fourth-order valence-corrected chi connectivity index (χ4v) is 2.49. The van der Waals surface area contributed by atoms with Crippen LogP contribution < -0.4 is 14.8 Å². The fourth-order valence-electron chi connectivity index (χ4n) is 2.03. The van der Waals surface area contributed by atoms with E-state index in [0.717, 1.165) is 0 Å². The highest BCUT2D eigenvalue weighted by Crippen LogP contribution is 2.26. The third-order valence-electron chi connectivity index (χ3n) is 3.43. The van der Waals surface area contributed by atoms with Gasteiger partial charge in [0.1, 0.15) is 11.5 Å². The quantitative estimate of drug-likeness (QED) is 0.739. The van der Waals surface area contributed by atoms with Crippen LogP contribution in [-0.2, 0) is 9.53 Å². The lowest BCUT2D eigenvalue weighted by Crippen LogP contribution is -2.30. The summed E-state index contributed by atoms with van der Waals surface area (Å²) in [6.07, 6.45) is -1.05. The van der Waals surface area contributed by atoms with Gasteiger partial charge in [0.15, 0.2) is 6.10 Å². The zero-order chi connectivity index (χ0) is 19.3. The minimum absolute atomic E-state index is 0.199. The Labute approximate surface area is 160 Å². The summed E-state index contributed by atoms with van der Waals surface area (Å²) in [4.78, 5) is 24.5. The first kappa shape index (κ1) is 19.9. The Kier molecular flexibility index (Phi) is 6.71. The van der Waals surface area contributed by atoms with Crippen LogP contribution in [-0.4, -0.2) is 32.2 Å². The lowest BCUT2D eigenvalue weighted by atomic mass is 10.2. The predicted molar refractivity (Wildman–Crippen MR) is 99.5 cm³/mol. The summed E-state index contributed by atoms with van der Waals surface area (Å²) in [6.45, 7) is 1.45. The zero-order valence-corrected chi connectivity index (χ0v) is 15.9. The molecule has 0 radical (unpaired) electrons. The van der Waals surface area contributed by atoms with Crippen LogP contribution in [0.5, 0.6) is 11.5 Å². The maximum Gasteiger partial charge on any atom is 0.339 e. The molecule has 0 fully saturated rings. The van der Waals surface area contributed by atoms with E-state index in [4.69, 9.17) is 37.4 Å². The molecule has 8 heteroatoms. The molecule has 0 saturated carbocycles. The number of nitrogens with one attached hydrogen (secondary N) is 1. The van der Waals surface area contributed by atoms with Crippen LogP contribution >= 0.6 is 23.2 Å². The Hall–Kier alpha value is -2.44. The normalized spacial score (nSPS) is 11.4. The third-order valence-corrected chi connectivity index (χ3v) is 3.98. The van der Waals surface area contributed by atoms with Gasteiger partial charge in [-0.3, -0.25) is 4.79 Å². The van der Waals surface area contributed by atoms with Gasteiger partial charge >= 0.3 is 5.97 Å². The molecule has 26 heavy (non-hydrogen) atoms. The summed E-state index contributed by atoms with van der Waals surface area (Å²) in [6, 6.07) is 9.25. The molecule has 2 aromatic carbocycles. The third kappa shape index (κ3) is 5.03. The van der Waals surface area contributed by atoms with Crippen LogP contribution in [0.1, 0.15) is 17.3 Å². The van der Waals surface area contributed by atoms with E-state index in [9.17, 15) is 9.59 Å². The first-order valence-electron chi connectivity index (χ1n) is 7.54. The Bertz CT molecular complexity index is 803. The molecule has 1 unspecified atom stereocenters. The van der Waals surface area contributed by atoms with Gasteiger partial charge in [-0.15, -0.1) is 0 Å². The Balaban J connectivity index is 2.07. The van der Waals surface area contributed by atoms with Crippen LogP contribution in [0.3, 0.4) is 0 Å². The van der Waals surface area contributed by atoms with Crippen molar-refractivity contribution in [1.29, 1.82) is 0 Å². The number of amides is 1. The monoisotopic (exact) mass is 397 g/mol. The van der Waals surface area contributed by atoms with Crippen LogP contribution in [0.4, 0.5) is 5.69 Å². The molecule has 0 bridgehead atoms. The molecular formula is C18H17Cl2NO5. The van der Waals surface area contributed by atoms with E-state index < -0.39 is 18.0 Å². The topological polar surface area (TPSA) is 73.9 Å². The first-order chi connectivity index (χ1) is 12.3. The number of hydrogen-bond donors (Lipinski definition) is 1. The molecule has 0 aliphatic carbocycles. The number of esters is 1. The number of benzene rings is 2. The second kappa shape index (κ2) is 8.78. The smallest absolute Gasteiger partial charge is 0.339 e. The van der Waals surface area contributed by atoms with Gasteiger partial charge < -0.3 is 19.5 Å². The van der Waals surface area contributed by atoms with Crippen LogP contribution in [0.15, 0.2) is 36.4 Å². The average Bonchev–Trinajstić information content (AvgIpc) is 2.63. The number of halogens is 2. The van der Waals surface area contributed by atoms with Gasteiger partial charge in [0.05, 0.1) is 30.5 Å². The van der Waals surface area contributed by atoms with Crippen molar-refractivity contribution in [3.05, 3.63) is 52.0 Å². The summed E-state index contributed by atoms with van der Waals surface area (Å²) < 4.78 is 15.4. The first-order valence-corrected chi connectivity index (χ1v) is 8.29. The summed E-state index contributed by atoms with van der Waals surface area (Å²) in [5.74, 6) is -0.354. The summed E-state index contributed by atoms with van der Waals surface area (Å²) in [5, 5.41) is 3.31. The van der Waals surface area contributed by atoms with Gasteiger partial charge in [0, 0.05) is 11.1 Å². The van der Waals surface area contributed by atoms with Crippen LogP contribution in [0.25, 0.3) is 0 Å². The molecular weight excluding hydrogens is 381 g/mol. The van der Waals surface area contributed by atoms with Gasteiger partial charge in [-0.25, -0.2) is 4.79 Å². The van der Waals surface area contributed by atoms with E-state index in [-0.39, 0.29) is 10.6 Å². The number of methoxy groups -OCH3 is 2. The van der Waals surface area contributed by atoms with E-state index >= 15 is 0 Å². The zero-order valence-electron chi connectivity index (χ0n) is 14.3.